The van der Waals surface area contributed by atoms with E-state index in [2.05, 4.69) is 0 Å². The summed E-state index contributed by atoms with van der Waals surface area (Å²) in [5.74, 6) is 0. The highest BCUT2D eigenvalue weighted by Gasteiger charge is 2.44. The molecule has 2 aromatic rings. The van der Waals surface area contributed by atoms with Gasteiger partial charge in [-0.05, 0) is 25.0 Å². The van der Waals surface area contributed by atoms with Gasteiger partial charge in [0.2, 0.25) is 0 Å². The highest BCUT2D eigenvalue weighted by Crippen LogP contribution is 2.64. The first kappa shape index (κ1) is 20.4. The minimum atomic E-state index is -4.75. The van der Waals surface area contributed by atoms with E-state index < -0.39 is 24.7 Å². The van der Waals surface area contributed by atoms with E-state index in [1.807, 2.05) is 0 Å². The van der Waals surface area contributed by atoms with Crippen LogP contribution in [0.15, 0.2) is 60.7 Å². The van der Waals surface area contributed by atoms with Crippen LogP contribution in [0.5, 0.6) is 0 Å². The van der Waals surface area contributed by atoms with Crippen LogP contribution in [-0.4, -0.2) is 19.4 Å². The molecule has 0 saturated heterocycles. The zero-order valence-corrected chi connectivity index (χ0v) is 15.4. The van der Waals surface area contributed by atoms with E-state index >= 15 is 0 Å². The zero-order chi connectivity index (χ0) is 19.2. The Labute approximate surface area is 151 Å². The molecule has 0 saturated carbocycles. The number of rotatable bonds is 7. The summed E-state index contributed by atoms with van der Waals surface area (Å²) in [6, 6.07) is 15.0. The summed E-state index contributed by atoms with van der Waals surface area (Å²) >= 11 is 0. The third kappa shape index (κ3) is 4.64. The van der Waals surface area contributed by atoms with Crippen molar-refractivity contribution in [2.24, 2.45) is 0 Å². The molecule has 0 atom stereocenters. The van der Waals surface area contributed by atoms with Crippen molar-refractivity contribution in [3.05, 3.63) is 71.8 Å². The number of hydrogen-bond donors (Lipinski definition) is 0. The monoisotopic (exact) mass is 384 g/mol. The lowest BCUT2D eigenvalue weighted by atomic mass is 10.0. The highest BCUT2D eigenvalue weighted by atomic mass is 31.2. The van der Waals surface area contributed by atoms with E-state index in [1.54, 1.807) is 38.1 Å². The Morgan fingerprint density at radius 3 is 1.65 bits per heavy atom. The molecule has 0 amide bonds. The Morgan fingerprint density at radius 2 is 1.27 bits per heavy atom. The average molecular weight is 384 g/mol. The first-order chi connectivity index (χ1) is 12.3. The number of allylic oxidation sites excluding steroid dienone is 1. The van der Waals surface area contributed by atoms with Gasteiger partial charge in [-0.25, -0.2) is 0 Å². The fraction of sp³-hybridized carbons (Fsp3) is 0.263. The molecule has 0 heterocycles. The molecule has 0 radical (unpaired) electrons. The molecule has 0 unspecified atom stereocenters. The van der Waals surface area contributed by atoms with Crippen LogP contribution in [0.3, 0.4) is 0 Å². The Balaban J connectivity index is 2.91. The second-order valence-electron chi connectivity index (χ2n) is 5.29. The van der Waals surface area contributed by atoms with E-state index in [4.69, 9.17) is 9.05 Å². The van der Waals surface area contributed by atoms with Crippen LogP contribution in [0.4, 0.5) is 13.2 Å². The van der Waals surface area contributed by atoms with Crippen LogP contribution in [0.1, 0.15) is 25.0 Å². The second-order valence-corrected chi connectivity index (χ2v) is 7.24. The van der Waals surface area contributed by atoms with Crippen LogP contribution in [0.25, 0.3) is 10.9 Å². The normalized spacial score (nSPS) is 13.4. The van der Waals surface area contributed by atoms with Gasteiger partial charge in [-0.1, -0.05) is 60.7 Å². The van der Waals surface area contributed by atoms with Gasteiger partial charge in [0.15, 0.2) is 0 Å². The molecule has 2 rings (SSSR count). The number of halogens is 3. The topological polar surface area (TPSA) is 35.5 Å². The maximum Gasteiger partial charge on any atom is 0.417 e. The summed E-state index contributed by atoms with van der Waals surface area (Å²) in [7, 11) is -4.21. The van der Waals surface area contributed by atoms with Crippen LogP contribution in [0, 0.1) is 0 Å². The van der Waals surface area contributed by atoms with E-state index in [9.17, 15) is 17.7 Å². The van der Waals surface area contributed by atoms with Gasteiger partial charge in [0.1, 0.15) is 0 Å². The molecule has 26 heavy (non-hydrogen) atoms. The van der Waals surface area contributed by atoms with E-state index in [1.165, 1.54) is 36.4 Å². The van der Waals surface area contributed by atoms with Gasteiger partial charge in [-0.2, -0.15) is 13.2 Å². The van der Waals surface area contributed by atoms with Gasteiger partial charge in [-0.15, -0.1) is 0 Å². The smallest absolute Gasteiger partial charge is 0.305 e. The van der Waals surface area contributed by atoms with E-state index in [0.29, 0.717) is 0 Å². The fourth-order valence-electron chi connectivity index (χ4n) is 2.58. The minimum Gasteiger partial charge on any atom is -0.305 e. The molecular weight excluding hydrogens is 364 g/mol. The Morgan fingerprint density at radius 1 is 0.846 bits per heavy atom. The molecule has 7 heteroatoms. The Kier molecular flexibility index (Phi) is 6.81. The largest absolute Gasteiger partial charge is 0.417 e. The molecule has 0 N–H and O–H groups in total. The lowest BCUT2D eigenvalue weighted by Crippen LogP contribution is -2.14. The van der Waals surface area contributed by atoms with Crippen molar-refractivity contribution < 1.29 is 26.8 Å². The Hall–Kier alpha value is -1.88. The Bertz CT molecular complexity index is 777. The molecule has 0 fully saturated rings. The van der Waals surface area contributed by atoms with Crippen molar-refractivity contribution in [1.29, 1.82) is 0 Å². The quantitative estimate of drug-likeness (QED) is 0.410. The molecule has 0 aliphatic heterocycles. The van der Waals surface area contributed by atoms with Crippen molar-refractivity contribution in [3.8, 4) is 0 Å². The number of alkyl halides is 3. The van der Waals surface area contributed by atoms with Crippen molar-refractivity contribution >= 4 is 18.5 Å². The van der Waals surface area contributed by atoms with Crippen LogP contribution in [0.2, 0.25) is 0 Å². The zero-order valence-electron chi connectivity index (χ0n) is 14.5. The number of benzene rings is 2. The third-order valence-electron chi connectivity index (χ3n) is 3.50. The van der Waals surface area contributed by atoms with Crippen molar-refractivity contribution in [2.75, 3.05) is 13.2 Å². The van der Waals surface area contributed by atoms with Crippen LogP contribution < -0.4 is 0 Å². The molecule has 0 spiro atoms. The van der Waals surface area contributed by atoms with Gasteiger partial charge < -0.3 is 9.05 Å². The maximum atomic E-state index is 14.1. The molecule has 2 aromatic carbocycles. The SMILES string of the molecule is CCOP(=O)(OCC)/C(=C(\c1ccccc1)C(F)(F)F)c1ccccc1. The maximum absolute atomic E-state index is 14.1. The lowest BCUT2D eigenvalue weighted by molar-refractivity contribution is -0.0685. The van der Waals surface area contributed by atoms with Gasteiger partial charge in [0.25, 0.3) is 0 Å². The average Bonchev–Trinajstić information content (AvgIpc) is 2.60. The second kappa shape index (κ2) is 8.67. The summed E-state index contributed by atoms with van der Waals surface area (Å²) in [4.78, 5) is 0. The van der Waals surface area contributed by atoms with Gasteiger partial charge >= 0.3 is 13.8 Å². The summed E-state index contributed by atoms with van der Waals surface area (Å²) in [6.45, 7) is 3.02. The fourth-order valence-corrected chi connectivity index (χ4v) is 4.59. The highest BCUT2D eigenvalue weighted by molar-refractivity contribution is 7.65. The molecule has 140 valence electrons. The van der Waals surface area contributed by atoms with Gasteiger partial charge in [-0.3, -0.25) is 4.57 Å². The van der Waals surface area contributed by atoms with E-state index in [-0.39, 0.29) is 24.3 Å². The molecular formula is C19H20F3O3P. The summed E-state index contributed by atoms with van der Waals surface area (Å²) in [5, 5.41) is -0.472. The minimum absolute atomic E-state index is 0.0481. The predicted octanol–water partition coefficient (Wildman–Crippen LogP) is 6.38. The van der Waals surface area contributed by atoms with Crippen LogP contribution >= 0.6 is 7.60 Å². The van der Waals surface area contributed by atoms with Crippen LogP contribution in [-0.2, 0) is 13.6 Å². The molecule has 0 aliphatic rings. The third-order valence-corrected chi connectivity index (χ3v) is 5.73. The standard InChI is InChI=1S/C19H20F3O3P/c1-3-24-26(23,25-4-2)18(16-13-9-6-10-14-16)17(19(20,21)22)15-11-7-5-8-12-15/h5-14H,3-4H2,1-2H3/b18-17+. The summed E-state index contributed by atoms with van der Waals surface area (Å²) < 4.78 is 66.1. The molecule has 0 aromatic heterocycles. The molecule has 0 bridgehead atoms. The van der Waals surface area contributed by atoms with Gasteiger partial charge in [0, 0.05) is 0 Å². The summed E-state index contributed by atoms with van der Waals surface area (Å²) in [5.41, 5.74) is -0.970. The van der Waals surface area contributed by atoms with Crippen molar-refractivity contribution in [1.82, 2.24) is 0 Å². The lowest BCUT2D eigenvalue weighted by Gasteiger charge is -2.25. The first-order valence-electron chi connectivity index (χ1n) is 8.15. The van der Waals surface area contributed by atoms with Crippen molar-refractivity contribution in [2.45, 2.75) is 20.0 Å². The van der Waals surface area contributed by atoms with Gasteiger partial charge in [0.05, 0.1) is 24.1 Å². The van der Waals surface area contributed by atoms with E-state index in [0.717, 1.165) is 0 Å². The number of hydrogen-bond acceptors (Lipinski definition) is 3. The first-order valence-corrected chi connectivity index (χ1v) is 9.69. The van der Waals surface area contributed by atoms with Crippen molar-refractivity contribution in [3.63, 3.8) is 0 Å². The molecule has 0 aliphatic carbocycles. The predicted molar refractivity (Wildman–Crippen MR) is 96.6 cm³/mol. The molecule has 3 nitrogen and oxygen atoms in total. The summed E-state index contributed by atoms with van der Waals surface area (Å²) in [6.07, 6.45) is -4.75.